The number of sulfonamides is 1. The maximum atomic E-state index is 12.0. The van der Waals surface area contributed by atoms with Crippen LogP contribution in [-0.2, 0) is 16.6 Å². The van der Waals surface area contributed by atoms with E-state index in [0.717, 1.165) is 5.56 Å². The van der Waals surface area contributed by atoms with Crippen LogP contribution in [0.4, 0.5) is 0 Å². The number of halogens is 2. The Morgan fingerprint density at radius 3 is 2.50 bits per heavy atom. The lowest BCUT2D eigenvalue weighted by Crippen LogP contribution is -2.34. The van der Waals surface area contributed by atoms with Gasteiger partial charge < -0.3 is 5.32 Å². The summed E-state index contributed by atoms with van der Waals surface area (Å²) in [5, 5.41) is 2.72. The summed E-state index contributed by atoms with van der Waals surface area (Å²) in [6, 6.07) is 12.0. The summed E-state index contributed by atoms with van der Waals surface area (Å²) in [5.74, 6) is -0.843. The van der Waals surface area contributed by atoms with Gasteiger partial charge in [0.1, 0.15) is 10.8 Å². The zero-order chi connectivity index (χ0) is 17.6. The molecule has 128 valence electrons. The Bertz CT molecular complexity index is 814. The van der Waals surface area contributed by atoms with Crippen molar-refractivity contribution in [1.29, 1.82) is 0 Å². The van der Waals surface area contributed by atoms with Gasteiger partial charge in [-0.25, -0.2) is 18.1 Å². The van der Waals surface area contributed by atoms with Crippen molar-refractivity contribution >= 4 is 39.1 Å². The summed E-state index contributed by atoms with van der Waals surface area (Å²) in [7, 11) is -3.52. The molecule has 9 heteroatoms. The van der Waals surface area contributed by atoms with Crippen LogP contribution in [0, 0.1) is 0 Å². The molecule has 24 heavy (non-hydrogen) atoms. The number of amides is 1. The Kier molecular flexibility index (Phi) is 6.56. The number of benzene rings is 1. The van der Waals surface area contributed by atoms with Crippen LogP contribution in [0.25, 0.3) is 0 Å². The van der Waals surface area contributed by atoms with E-state index in [0.29, 0.717) is 0 Å². The first kappa shape index (κ1) is 18.7. The van der Waals surface area contributed by atoms with E-state index in [1.807, 2.05) is 30.3 Å². The molecular formula is C15H15Cl2N3O3S. The lowest BCUT2D eigenvalue weighted by molar-refractivity contribution is 0.0951. The maximum Gasteiger partial charge on any atom is 0.271 e. The molecule has 0 aliphatic rings. The highest BCUT2D eigenvalue weighted by Crippen LogP contribution is 2.16. The smallest absolute Gasteiger partial charge is 0.271 e. The summed E-state index contributed by atoms with van der Waals surface area (Å²) < 4.78 is 26.3. The van der Waals surface area contributed by atoms with Gasteiger partial charge in [0.15, 0.2) is 0 Å². The molecule has 0 bridgehead atoms. The predicted octanol–water partition coefficient (Wildman–Crippen LogP) is 2.24. The Balaban J connectivity index is 1.84. The fraction of sp³-hybridized carbons (Fsp3) is 0.200. The normalized spacial score (nSPS) is 11.2. The second-order valence-electron chi connectivity index (χ2n) is 4.85. The van der Waals surface area contributed by atoms with Gasteiger partial charge in [-0.15, -0.1) is 0 Å². The van der Waals surface area contributed by atoms with E-state index < -0.39 is 15.9 Å². The van der Waals surface area contributed by atoms with Crippen molar-refractivity contribution in [2.75, 3.05) is 12.3 Å². The standard InChI is InChI=1S/C15H15Cl2N3O3S/c16-12-6-7-13(17)20-14(12)15(21)18-8-9-24(22,23)19-10-11-4-2-1-3-5-11/h1-7,19H,8-10H2,(H,18,21). The van der Waals surface area contributed by atoms with E-state index in [4.69, 9.17) is 23.2 Å². The van der Waals surface area contributed by atoms with E-state index in [2.05, 4.69) is 15.0 Å². The molecule has 2 N–H and O–H groups in total. The highest BCUT2D eigenvalue weighted by Gasteiger charge is 2.15. The van der Waals surface area contributed by atoms with Gasteiger partial charge in [-0.05, 0) is 17.7 Å². The molecule has 6 nitrogen and oxygen atoms in total. The Hall–Kier alpha value is -1.67. The third-order valence-electron chi connectivity index (χ3n) is 3.02. The zero-order valence-electron chi connectivity index (χ0n) is 12.5. The third-order valence-corrected chi connectivity index (χ3v) is 4.86. The van der Waals surface area contributed by atoms with E-state index >= 15 is 0 Å². The fourth-order valence-corrected chi connectivity index (χ4v) is 3.06. The van der Waals surface area contributed by atoms with Gasteiger partial charge in [0, 0.05) is 13.1 Å². The van der Waals surface area contributed by atoms with E-state index in [1.54, 1.807) is 0 Å². The number of nitrogens with zero attached hydrogens (tertiary/aromatic N) is 1. The number of carbonyl (C=O) groups is 1. The molecule has 1 amide bonds. The quantitative estimate of drug-likeness (QED) is 0.712. The topological polar surface area (TPSA) is 88.2 Å². The van der Waals surface area contributed by atoms with Crippen LogP contribution in [-0.4, -0.2) is 31.6 Å². The first-order valence-electron chi connectivity index (χ1n) is 6.99. The number of aromatic nitrogens is 1. The number of pyridine rings is 1. The van der Waals surface area contributed by atoms with Crippen LogP contribution in [0.15, 0.2) is 42.5 Å². The number of hydrogen-bond acceptors (Lipinski definition) is 4. The van der Waals surface area contributed by atoms with Gasteiger partial charge in [0.2, 0.25) is 10.0 Å². The van der Waals surface area contributed by atoms with Crippen LogP contribution in [0.2, 0.25) is 10.2 Å². The minimum absolute atomic E-state index is 0.0428. The molecule has 0 saturated heterocycles. The Labute approximate surface area is 150 Å². The first-order valence-corrected chi connectivity index (χ1v) is 9.40. The second-order valence-corrected chi connectivity index (χ2v) is 7.57. The molecule has 0 unspecified atom stereocenters. The number of nitrogens with one attached hydrogen (secondary N) is 2. The molecule has 0 atom stereocenters. The molecule has 1 aromatic heterocycles. The summed E-state index contributed by atoms with van der Waals surface area (Å²) in [4.78, 5) is 15.8. The molecule has 0 aliphatic heterocycles. The van der Waals surface area contributed by atoms with Gasteiger partial charge in [0.25, 0.3) is 5.91 Å². The van der Waals surface area contributed by atoms with Crippen molar-refractivity contribution in [2.45, 2.75) is 6.54 Å². The van der Waals surface area contributed by atoms with E-state index in [1.165, 1.54) is 12.1 Å². The fourth-order valence-electron chi connectivity index (χ4n) is 1.82. The SMILES string of the molecule is O=C(NCCS(=O)(=O)NCc1ccccc1)c1nc(Cl)ccc1Cl. The molecular weight excluding hydrogens is 373 g/mol. The van der Waals surface area contributed by atoms with Crippen molar-refractivity contribution in [3.05, 3.63) is 63.9 Å². The average molecular weight is 388 g/mol. The number of rotatable bonds is 7. The molecule has 1 heterocycles. The van der Waals surface area contributed by atoms with Gasteiger partial charge in [-0.2, -0.15) is 0 Å². The minimum atomic E-state index is -3.52. The largest absolute Gasteiger partial charge is 0.350 e. The van der Waals surface area contributed by atoms with Crippen LogP contribution in [0.1, 0.15) is 16.1 Å². The molecule has 0 radical (unpaired) electrons. The molecule has 0 fully saturated rings. The molecule has 0 saturated carbocycles. The average Bonchev–Trinajstić information content (AvgIpc) is 2.56. The second kappa shape index (κ2) is 8.43. The first-order chi connectivity index (χ1) is 11.4. The van der Waals surface area contributed by atoms with Crippen LogP contribution < -0.4 is 10.0 Å². The highest BCUT2D eigenvalue weighted by molar-refractivity contribution is 7.89. The molecule has 1 aromatic carbocycles. The predicted molar refractivity (Wildman–Crippen MR) is 93.7 cm³/mol. The van der Waals surface area contributed by atoms with E-state index in [9.17, 15) is 13.2 Å². The highest BCUT2D eigenvalue weighted by atomic mass is 35.5. The van der Waals surface area contributed by atoms with Crippen molar-refractivity contribution in [2.24, 2.45) is 0 Å². The number of hydrogen-bond donors (Lipinski definition) is 2. The number of carbonyl (C=O) groups excluding carboxylic acids is 1. The van der Waals surface area contributed by atoms with Gasteiger partial charge in [-0.1, -0.05) is 53.5 Å². The lowest BCUT2D eigenvalue weighted by atomic mass is 10.2. The molecule has 0 spiro atoms. The molecule has 0 aliphatic carbocycles. The van der Waals surface area contributed by atoms with Gasteiger partial charge in [0.05, 0.1) is 10.8 Å². The zero-order valence-corrected chi connectivity index (χ0v) is 14.8. The summed E-state index contributed by atoms with van der Waals surface area (Å²) in [5.41, 5.74) is 0.804. The van der Waals surface area contributed by atoms with Crippen molar-refractivity contribution < 1.29 is 13.2 Å². The minimum Gasteiger partial charge on any atom is -0.350 e. The summed E-state index contributed by atoms with van der Waals surface area (Å²) in [6.07, 6.45) is 0. The summed E-state index contributed by atoms with van der Waals surface area (Å²) in [6.45, 7) is 0.117. The Morgan fingerprint density at radius 1 is 1.08 bits per heavy atom. The maximum absolute atomic E-state index is 12.0. The van der Waals surface area contributed by atoms with Crippen molar-refractivity contribution in [3.8, 4) is 0 Å². The Morgan fingerprint density at radius 2 is 1.79 bits per heavy atom. The van der Waals surface area contributed by atoms with Crippen LogP contribution in [0.5, 0.6) is 0 Å². The summed E-state index contributed by atoms with van der Waals surface area (Å²) >= 11 is 11.6. The molecule has 2 rings (SSSR count). The van der Waals surface area contributed by atoms with Crippen molar-refractivity contribution in [3.63, 3.8) is 0 Å². The van der Waals surface area contributed by atoms with E-state index in [-0.39, 0.29) is 34.7 Å². The van der Waals surface area contributed by atoms with Crippen LogP contribution >= 0.6 is 23.2 Å². The van der Waals surface area contributed by atoms with Gasteiger partial charge >= 0.3 is 0 Å². The van der Waals surface area contributed by atoms with Crippen LogP contribution in [0.3, 0.4) is 0 Å². The lowest BCUT2D eigenvalue weighted by Gasteiger charge is -2.08. The third kappa shape index (κ3) is 5.76. The van der Waals surface area contributed by atoms with Gasteiger partial charge in [-0.3, -0.25) is 4.79 Å². The van der Waals surface area contributed by atoms with Crippen molar-refractivity contribution in [1.82, 2.24) is 15.0 Å². The monoisotopic (exact) mass is 387 g/mol. The molecule has 2 aromatic rings.